The number of benzene rings is 3. The molecule has 0 heterocycles. The lowest BCUT2D eigenvalue weighted by molar-refractivity contribution is 0.0977. The molecule has 0 N–H and O–H groups in total. The average Bonchev–Trinajstić information content (AvgIpc) is 3.79. The van der Waals surface area contributed by atoms with Gasteiger partial charge < -0.3 is 0 Å². The standard InChI is InChI=1S/C44H54O/c1-5-13-34(35-16-8-7-9-17-35)27-28-44(45)41-26-23-36(18-12-19-38(14-6-2)43-20-11-10-15-32(43)3)42(31-41)29-33(4)39-24-25-40(30-39)37-21-22-37/h7-11,15-17,20,23-24,26,30-31,34,37-38H,4-6,12-14,18-19,21-22,25,27-29H2,1-3H3/t34-,38?/m1/s1. The lowest BCUT2D eigenvalue weighted by Crippen LogP contribution is -2.07. The van der Waals surface area contributed by atoms with Gasteiger partial charge in [0, 0.05) is 12.0 Å². The van der Waals surface area contributed by atoms with E-state index in [0.717, 1.165) is 56.4 Å². The molecule has 0 radical (unpaired) electrons. The molecule has 0 aliphatic heterocycles. The molecule has 1 unspecified atom stereocenters. The first-order valence-electron chi connectivity index (χ1n) is 17.8. The Labute approximate surface area is 273 Å². The van der Waals surface area contributed by atoms with Crippen LogP contribution < -0.4 is 0 Å². The van der Waals surface area contributed by atoms with Crippen molar-refractivity contribution in [2.45, 2.75) is 116 Å². The number of carbonyl (C=O) groups excluding carboxylic acids is 1. The van der Waals surface area contributed by atoms with Gasteiger partial charge in [0.1, 0.15) is 0 Å². The summed E-state index contributed by atoms with van der Waals surface area (Å²) in [6, 6.07) is 26.2. The van der Waals surface area contributed by atoms with Crippen LogP contribution in [-0.2, 0) is 12.8 Å². The topological polar surface area (TPSA) is 17.1 Å². The van der Waals surface area contributed by atoms with E-state index in [1.807, 2.05) is 0 Å². The third-order valence-electron chi connectivity index (χ3n) is 10.2. The summed E-state index contributed by atoms with van der Waals surface area (Å²) in [5.74, 6) is 2.11. The Morgan fingerprint density at radius 2 is 1.58 bits per heavy atom. The lowest BCUT2D eigenvalue weighted by atomic mass is 9.85. The van der Waals surface area contributed by atoms with Gasteiger partial charge in [-0.1, -0.05) is 118 Å². The van der Waals surface area contributed by atoms with Gasteiger partial charge in [0.05, 0.1) is 0 Å². The monoisotopic (exact) mass is 598 g/mol. The minimum Gasteiger partial charge on any atom is -0.294 e. The van der Waals surface area contributed by atoms with Gasteiger partial charge >= 0.3 is 0 Å². The largest absolute Gasteiger partial charge is 0.294 e. The van der Waals surface area contributed by atoms with E-state index >= 15 is 0 Å². The van der Waals surface area contributed by atoms with Crippen LogP contribution in [0.4, 0.5) is 0 Å². The number of aryl methyl sites for hydroxylation is 2. The van der Waals surface area contributed by atoms with Crippen molar-refractivity contribution < 1.29 is 4.79 Å². The highest BCUT2D eigenvalue weighted by Crippen LogP contribution is 2.42. The van der Waals surface area contributed by atoms with E-state index in [2.05, 4.69) is 112 Å². The highest BCUT2D eigenvalue weighted by Gasteiger charge is 2.27. The molecule has 236 valence electrons. The first kappa shape index (κ1) is 32.9. The van der Waals surface area contributed by atoms with Crippen LogP contribution in [0.3, 0.4) is 0 Å². The Morgan fingerprint density at radius 1 is 0.844 bits per heavy atom. The molecule has 1 nitrogen and oxygen atoms in total. The molecule has 0 bridgehead atoms. The van der Waals surface area contributed by atoms with Crippen LogP contribution in [-0.4, -0.2) is 5.78 Å². The summed E-state index contributed by atoms with van der Waals surface area (Å²) in [4.78, 5) is 13.6. The summed E-state index contributed by atoms with van der Waals surface area (Å²) in [5.41, 5.74) is 11.9. The van der Waals surface area contributed by atoms with Crippen molar-refractivity contribution in [1.82, 2.24) is 0 Å². The fraction of sp³-hybridized carbons (Fsp3) is 0.432. The third-order valence-corrected chi connectivity index (χ3v) is 10.2. The van der Waals surface area contributed by atoms with Crippen molar-refractivity contribution in [3.05, 3.63) is 142 Å². The number of hydrogen-bond acceptors (Lipinski definition) is 1. The van der Waals surface area contributed by atoms with E-state index in [9.17, 15) is 4.79 Å². The maximum absolute atomic E-state index is 13.6. The van der Waals surface area contributed by atoms with Crippen LogP contribution in [0.5, 0.6) is 0 Å². The highest BCUT2D eigenvalue weighted by molar-refractivity contribution is 5.96. The molecule has 0 aromatic heterocycles. The Kier molecular flexibility index (Phi) is 11.9. The summed E-state index contributed by atoms with van der Waals surface area (Å²) in [5, 5.41) is 0. The van der Waals surface area contributed by atoms with Gasteiger partial charge in [-0.3, -0.25) is 4.79 Å². The molecule has 0 spiro atoms. The quantitative estimate of drug-likeness (QED) is 0.133. The van der Waals surface area contributed by atoms with Crippen molar-refractivity contribution in [2.24, 2.45) is 5.92 Å². The molecule has 5 rings (SSSR count). The molecule has 1 heteroatoms. The summed E-state index contributed by atoms with van der Waals surface area (Å²) in [6.07, 6.45) is 18.9. The molecule has 2 aliphatic carbocycles. The summed E-state index contributed by atoms with van der Waals surface area (Å²) in [7, 11) is 0. The molecule has 2 atom stereocenters. The number of allylic oxidation sites excluding steroid dienone is 5. The molecule has 3 aromatic carbocycles. The molecular weight excluding hydrogens is 544 g/mol. The zero-order valence-corrected chi connectivity index (χ0v) is 28.1. The molecule has 2 aliphatic rings. The molecule has 0 amide bonds. The van der Waals surface area contributed by atoms with Gasteiger partial charge in [0.15, 0.2) is 5.78 Å². The van der Waals surface area contributed by atoms with E-state index < -0.39 is 0 Å². The molecule has 1 fully saturated rings. The number of rotatable bonds is 18. The maximum atomic E-state index is 13.6. The molecule has 45 heavy (non-hydrogen) atoms. The maximum Gasteiger partial charge on any atom is 0.162 e. The predicted octanol–water partition coefficient (Wildman–Crippen LogP) is 12.2. The Hall–Kier alpha value is -3.45. The van der Waals surface area contributed by atoms with Crippen LogP contribution in [0.1, 0.15) is 134 Å². The molecule has 1 saturated carbocycles. The number of carbonyl (C=O) groups is 1. The van der Waals surface area contributed by atoms with Crippen LogP contribution in [0.2, 0.25) is 0 Å². The van der Waals surface area contributed by atoms with Gasteiger partial charge in [-0.05, 0) is 134 Å². The van der Waals surface area contributed by atoms with Gasteiger partial charge in [-0.15, -0.1) is 0 Å². The van der Waals surface area contributed by atoms with E-state index in [1.165, 1.54) is 71.1 Å². The number of Topliss-reactive ketones (excluding diaryl/α,β-unsaturated/α-hetero) is 1. The zero-order chi connectivity index (χ0) is 31.6. The second-order valence-electron chi connectivity index (χ2n) is 13.7. The van der Waals surface area contributed by atoms with Crippen molar-refractivity contribution in [1.29, 1.82) is 0 Å². The van der Waals surface area contributed by atoms with E-state index in [1.54, 1.807) is 5.57 Å². The summed E-state index contributed by atoms with van der Waals surface area (Å²) < 4.78 is 0. The van der Waals surface area contributed by atoms with Gasteiger partial charge in [0.25, 0.3) is 0 Å². The predicted molar refractivity (Wildman–Crippen MR) is 192 cm³/mol. The fourth-order valence-electron chi connectivity index (χ4n) is 7.46. The highest BCUT2D eigenvalue weighted by atomic mass is 16.1. The van der Waals surface area contributed by atoms with Crippen LogP contribution in [0, 0.1) is 12.8 Å². The van der Waals surface area contributed by atoms with Crippen molar-refractivity contribution >= 4 is 5.78 Å². The van der Waals surface area contributed by atoms with Crippen molar-refractivity contribution in [3.8, 4) is 0 Å². The summed E-state index contributed by atoms with van der Waals surface area (Å²) in [6.45, 7) is 11.4. The fourth-order valence-corrected chi connectivity index (χ4v) is 7.46. The SMILES string of the molecule is C=C(Cc1cc(C(=O)CC[C@@H](CCC)c2ccccc2)ccc1CCCC(CCC)c1ccccc1C)C1=CCC(C2CC2)=C1. The Morgan fingerprint density at radius 3 is 2.31 bits per heavy atom. The van der Waals surface area contributed by atoms with Crippen molar-refractivity contribution in [3.63, 3.8) is 0 Å². The first-order valence-corrected chi connectivity index (χ1v) is 17.8. The smallest absolute Gasteiger partial charge is 0.162 e. The van der Waals surface area contributed by atoms with Crippen LogP contribution in [0.15, 0.2) is 108 Å². The minimum absolute atomic E-state index is 0.268. The van der Waals surface area contributed by atoms with Crippen LogP contribution >= 0.6 is 0 Å². The van der Waals surface area contributed by atoms with E-state index in [0.29, 0.717) is 18.3 Å². The van der Waals surface area contributed by atoms with Gasteiger partial charge in [-0.2, -0.15) is 0 Å². The van der Waals surface area contributed by atoms with Crippen molar-refractivity contribution in [2.75, 3.05) is 0 Å². The Balaban J connectivity index is 1.31. The van der Waals surface area contributed by atoms with Gasteiger partial charge in [0.2, 0.25) is 0 Å². The second-order valence-corrected chi connectivity index (χ2v) is 13.7. The normalized spacial score (nSPS) is 15.8. The number of ketones is 1. The second kappa shape index (κ2) is 16.2. The average molecular weight is 599 g/mol. The molecule has 0 saturated heterocycles. The zero-order valence-electron chi connectivity index (χ0n) is 28.1. The lowest BCUT2D eigenvalue weighted by Gasteiger charge is -2.20. The first-order chi connectivity index (χ1) is 22.0. The van der Waals surface area contributed by atoms with Gasteiger partial charge in [-0.25, -0.2) is 0 Å². The molecule has 3 aromatic rings. The van der Waals surface area contributed by atoms with E-state index in [-0.39, 0.29) is 5.78 Å². The Bertz CT molecular complexity index is 1500. The van der Waals surface area contributed by atoms with Crippen LogP contribution in [0.25, 0.3) is 0 Å². The minimum atomic E-state index is 0.268. The van der Waals surface area contributed by atoms with E-state index in [4.69, 9.17) is 0 Å². The summed E-state index contributed by atoms with van der Waals surface area (Å²) >= 11 is 0. The third kappa shape index (κ3) is 9.06. The number of hydrogen-bond donors (Lipinski definition) is 0. The molecular formula is C44H54O.